The fourth-order valence-electron chi connectivity index (χ4n) is 3.33. The molecule has 21 heavy (non-hydrogen) atoms. The molecule has 3 aliphatic rings. The van der Waals surface area contributed by atoms with E-state index in [2.05, 4.69) is 33.4 Å². The van der Waals surface area contributed by atoms with E-state index in [1.807, 2.05) is 0 Å². The second kappa shape index (κ2) is 5.47. The number of piperidine rings is 1. The van der Waals surface area contributed by atoms with Crippen molar-refractivity contribution in [2.24, 2.45) is 5.41 Å². The maximum Gasteiger partial charge on any atom is 0.175 e. The molecule has 1 unspecified atom stereocenters. The van der Waals surface area contributed by atoms with E-state index >= 15 is 0 Å². The third-order valence-electron chi connectivity index (χ3n) is 4.98. The van der Waals surface area contributed by atoms with E-state index in [0.29, 0.717) is 11.5 Å². The number of fused-ring (bicyclic) bond motifs is 1. The maximum absolute atomic E-state index is 6.06. The molecule has 2 fully saturated rings. The van der Waals surface area contributed by atoms with Gasteiger partial charge in [-0.1, -0.05) is 6.42 Å². The van der Waals surface area contributed by atoms with Gasteiger partial charge in [-0.05, 0) is 72.3 Å². The largest absolute Gasteiger partial charge is 0.489 e. The second-order valence-corrected chi connectivity index (χ2v) is 7.69. The van der Waals surface area contributed by atoms with Crippen LogP contribution < -0.4 is 14.8 Å². The molecule has 1 N–H and O–H groups in total. The predicted octanol–water partition coefficient (Wildman–Crippen LogP) is 3.69. The average Bonchev–Trinajstić information content (AvgIpc) is 3.28. The molecule has 1 spiro atoms. The van der Waals surface area contributed by atoms with Crippen molar-refractivity contribution in [2.75, 3.05) is 19.8 Å². The van der Waals surface area contributed by atoms with Crippen molar-refractivity contribution in [3.63, 3.8) is 0 Å². The molecule has 0 aromatic heterocycles. The van der Waals surface area contributed by atoms with E-state index in [1.165, 1.54) is 37.7 Å². The zero-order valence-corrected chi connectivity index (χ0v) is 13.9. The first-order valence-corrected chi connectivity index (χ1v) is 8.85. The van der Waals surface area contributed by atoms with Gasteiger partial charge in [0.05, 0.1) is 17.7 Å². The van der Waals surface area contributed by atoms with E-state index in [4.69, 9.17) is 9.47 Å². The van der Waals surface area contributed by atoms with Gasteiger partial charge in [0.2, 0.25) is 0 Å². The Morgan fingerprint density at radius 2 is 2.05 bits per heavy atom. The number of benzene rings is 1. The molecule has 1 aromatic rings. The fraction of sp³-hybridized carbons (Fsp3) is 0.647. The van der Waals surface area contributed by atoms with Crippen LogP contribution in [0, 0.1) is 5.41 Å². The van der Waals surface area contributed by atoms with Crippen molar-refractivity contribution in [1.29, 1.82) is 0 Å². The van der Waals surface area contributed by atoms with Crippen LogP contribution in [0.15, 0.2) is 16.6 Å². The summed E-state index contributed by atoms with van der Waals surface area (Å²) in [7, 11) is 0. The summed E-state index contributed by atoms with van der Waals surface area (Å²) in [6.07, 6.45) is 7.46. The topological polar surface area (TPSA) is 30.5 Å². The minimum Gasteiger partial charge on any atom is -0.489 e. The van der Waals surface area contributed by atoms with Gasteiger partial charge in [-0.15, -0.1) is 0 Å². The normalized spacial score (nSPS) is 26.4. The van der Waals surface area contributed by atoms with Crippen molar-refractivity contribution in [3.05, 3.63) is 22.2 Å². The van der Waals surface area contributed by atoms with Crippen LogP contribution >= 0.6 is 15.9 Å². The van der Waals surface area contributed by atoms with Crippen LogP contribution in [-0.4, -0.2) is 25.8 Å². The quantitative estimate of drug-likeness (QED) is 0.881. The van der Waals surface area contributed by atoms with Crippen LogP contribution in [0.4, 0.5) is 0 Å². The second-order valence-electron chi connectivity index (χ2n) is 6.83. The van der Waals surface area contributed by atoms with Gasteiger partial charge in [-0.3, -0.25) is 0 Å². The number of hydrogen-bond donors (Lipinski definition) is 1. The molecule has 1 saturated heterocycles. The Morgan fingerprint density at radius 3 is 2.81 bits per heavy atom. The summed E-state index contributed by atoms with van der Waals surface area (Å²) in [5.74, 6) is 1.80. The van der Waals surface area contributed by atoms with Crippen LogP contribution in [-0.2, 0) is 6.42 Å². The first kappa shape index (κ1) is 13.9. The fourth-order valence-corrected chi connectivity index (χ4v) is 3.94. The molecule has 1 aromatic carbocycles. The Hall–Kier alpha value is -0.740. The van der Waals surface area contributed by atoms with Gasteiger partial charge < -0.3 is 14.8 Å². The Labute approximate surface area is 134 Å². The minimum atomic E-state index is 0.295. The number of nitrogens with one attached hydrogen (secondary N) is 1. The van der Waals surface area contributed by atoms with Gasteiger partial charge in [-0.2, -0.15) is 0 Å². The van der Waals surface area contributed by atoms with Crippen molar-refractivity contribution in [2.45, 2.75) is 44.6 Å². The lowest BCUT2D eigenvalue weighted by Gasteiger charge is -2.24. The van der Waals surface area contributed by atoms with Crippen LogP contribution in [0.5, 0.6) is 11.5 Å². The highest BCUT2D eigenvalue weighted by atomic mass is 79.9. The third kappa shape index (κ3) is 2.93. The van der Waals surface area contributed by atoms with E-state index in [-0.39, 0.29) is 0 Å². The molecular weight excluding hydrogens is 330 g/mol. The Morgan fingerprint density at radius 1 is 1.19 bits per heavy atom. The standard InChI is InChI=1S/C17H22BrNO2/c18-14-8-12(7-13-3-1-2-6-19-13)9-15-16(14)21-11-17(4-5-17)10-20-15/h8-9,13,19H,1-7,10-11H2. The van der Waals surface area contributed by atoms with Gasteiger partial charge in [0.25, 0.3) is 0 Å². The lowest BCUT2D eigenvalue weighted by molar-refractivity contribution is 0.196. The minimum absolute atomic E-state index is 0.295. The van der Waals surface area contributed by atoms with Gasteiger partial charge in [0.15, 0.2) is 11.5 Å². The SMILES string of the molecule is Brc1cc(CC2CCCCN2)cc2c1OCC1(CC1)CO2. The summed E-state index contributed by atoms with van der Waals surface area (Å²) < 4.78 is 13.1. The molecule has 4 heteroatoms. The first-order chi connectivity index (χ1) is 10.2. The highest BCUT2D eigenvalue weighted by Gasteiger charge is 2.46. The van der Waals surface area contributed by atoms with Gasteiger partial charge in [0, 0.05) is 11.5 Å². The Balaban J connectivity index is 1.54. The average molecular weight is 352 g/mol. The number of ether oxygens (including phenoxy) is 2. The van der Waals surface area contributed by atoms with Crippen molar-refractivity contribution in [1.82, 2.24) is 5.32 Å². The molecule has 0 radical (unpaired) electrons. The Kier molecular flexibility index (Phi) is 3.62. The van der Waals surface area contributed by atoms with Crippen LogP contribution in [0.3, 0.4) is 0 Å². The molecule has 1 saturated carbocycles. The summed E-state index contributed by atoms with van der Waals surface area (Å²) in [6.45, 7) is 2.75. The number of rotatable bonds is 2. The van der Waals surface area contributed by atoms with E-state index in [9.17, 15) is 0 Å². The Bertz CT molecular complexity index is 536. The molecule has 4 rings (SSSR count). The number of hydrogen-bond acceptors (Lipinski definition) is 3. The highest BCUT2D eigenvalue weighted by Crippen LogP contribution is 2.50. The predicted molar refractivity (Wildman–Crippen MR) is 86.1 cm³/mol. The van der Waals surface area contributed by atoms with E-state index < -0.39 is 0 Å². The molecule has 114 valence electrons. The number of halogens is 1. The zero-order chi connectivity index (χ0) is 14.3. The molecule has 0 bridgehead atoms. The highest BCUT2D eigenvalue weighted by molar-refractivity contribution is 9.10. The lowest BCUT2D eigenvalue weighted by Crippen LogP contribution is -2.35. The van der Waals surface area contributed by atoms with Crippen LogP contribution in [0.1, 0.15) is 37.7 Å². The zero-order valence-electron chi connectivity index (χ0n) is 12.3. The first-order valence-electron chi connectivity index (χ1n) is 8.06. The summed E-state index contributed by atoms with van der Waals surface area (Å²) in [5.41, 5.74) is 1.62. The molecule has 1 atom stereocenters. The third-order valence-corrected chi connectivity index (χ3v) is 5.57. The van der Waals surface area contributed by atoms with Crippen LogP contribution in [0.25, 0.3) is 0 Å². The molecule has 2 aliphatic heterocycles. The summed E-state index contributed by atoms with van der Waals surface area (Å²) >= 11 is 3.66. The van der Waals surface area contributed by atoms with E-state index in [1.54, 1.807) is 0 Å². The lowest BCUT2D eigenvalue weighted by atomic mass is 9.97. The van der Waals surface area contributed by atoms with Crippen molar-refractivity contribution >= 4 is 15.9 Å². The smallest absolute Gasteiger partial charge is 0.175 e. The molecular formula is C17H22BrNO2. The monoisotopic (exact) mass is 351 g/mol. The van der Waals surface area contributed by atoms with Gasteiger partial charge >= 0.3 is 0 Å². The maximum atomic E-state index is 6.06. The molecule has 3 nitrogen and oxygen atoms in total. The molecule has 0 amide bonds. The summed E-state index contributed by atoms with van der Waals surface area (Å²) in [4.78, 5) is 0. The van der Waals surface area contributed by atoms with Crippen molar-refractivity contribution in [3.8, 4) is 11.5 Å². The van der Waals surface area contributed by atoms with Gasteiger partial charge in [-0.25, -0.2) is 0 Å². The van der Waals surface area contributed by atoms with Gasteiger partial charge in [0.1, 0.15) is 0 Å². The molecule has 2 heterocycles. The van der Waals surface area contributed by atoms with E-state index in [0.717, 1.165) is 42.2 Å². The molecule has 1 aliphatic carbocycles. The van der Waals surface area contributed by atoms with Crippen molar-refractivity contribution < 1.29 is 9.47 Å². The summed E-state index contributed by atoms with van der Waals surface area (Å²) in [5, 5.41) is 3.62. The summed E-state index contributed by atoms with van der Waals surface area (Å²) in [6, 6.07) is 4.98. The van der Waals surface area contributed by atoms with Crippen LogP contribution in [0.2, 0.25) is 0 Å².